The minimum atomic E-state index is -0.0219. The number of hydrogen-bond acceptors (Lipinski definition) is 1. The van der Waals surface area contributed by atoms with E-state index in [4.69, 9.17) is 11.6 Å². The molecule has 17 heavy (non-hydrogen) atoms. The molecule has 2 nitrogen and oxygen atoms in total. The SMILES string of the molecule is O=C(NC1CCCCC1)c1ccc(Br)c(Cl)c1. The van der Waals surface area contributed by atoms with Gasteiger partial charge in [-0.1, -0.05) is 30.9 Å². The van der Waals surface area contributed by atoms with Crippen LogP contribution in [0, 0.1) is 0 Å². The first-order valence-electron chi connectivity index (χ1n) is 5.93. The Bertz CT molecular complexity index is 416. The maximum absolute atomic E-state index is 12.0. The Morgan fingerprint density at radius 3 is 2.65 bits per heavy atom. The largest absolute Gasteiger partial charge is 0.349 e. The molecular weight excluding hydrogens is 302 g/mol. The number of nitrogens with one attached hydrogen (secondary N) is 1. The van der Waals surface area contributed by atoms with Gasteiger partial charge < -0.3 is 5.32 Å². The van der Waals surface area contributed by atoms with Crippen molar-refractivity contribution in [1.82, 2.24) is 5.32 Å². The first-order chi connectivity index (χ1) is 8.16. The van der Waals surface area contributed by atoms with Gasteiger partial charge in [0.2, 0.25) is 0 Å². The Balaban J connectivity index is 2.01. The molecule has 0 heterocycles. The van der Waals surface area contributed by atoms with Crippen molar-refractivity contribution in [3.05, 3.63) is 33.3 Å². The molecule has 4 heteroatoms. The minimum Gasteiger partial charge on any atom is -0.349 e. The van der Waals surface area contributed by atoms with Gasteiger partial charge in [0.1, 0.15) is 0 Å². The third-order valence-corrected chi connectivity index (χ3v) is 4.35. The van der Waals surface area contributed by atoms with E-state index in [1.807, 2.05) is 0 Å². The van der Waals surface area contributed by atoms with Crippen molar-refractivity contribution in [3.63, 3.8) is 0 Å². The third-order valence-electron chi connectivity index (χ3n) is 3.12. The fourth-order valence-electron chi connectivity index (χ4n) is 2.15. The number of benzene rings is 1. The monoisotopic (exact) mass is 315 g/mol. The van der Waals surface area contributed by atoms with Crippen LogP contribution in [0.1, 0.15) is 42.5 Å². The summed E-state index contributed by atoms with van der Waals surface area (Å²) in [6, 6.07) is 5.62. The van der Waals surface area contributed by atoms with Crippen LogP contribution in [0.15, 0.2) is 22.7 Å². The molecule has 1 N–H and O–H groups in total. The van der Waals surface area contributed by atoms with E-state index >= 15 is 0 Å². The Kier molecular flexibility index (Phi) is 4.46. The molecule has 2 rings (SSSR count). The van der Waals surface area contributed by atoms with Crippen LogP contribution in [0.2, 0.25) is 5.02 Å². The maximum atomic E-state index is 12.0. The summed E-state index contributed by atoms with van der Waals surface area (Å²) in [7, 11) is 0. The zero-order chi connectivity index (χ0) is 12.3. The number of rotatable bonds is 2. The summed E-state index contributed by atoms with van der Waals surface area (Å²) in [6.07, 6.45) is 5.90. The number of amides is 1. The Hall–Kier alpha value is -0.540. The Morgan fingerprint density at radius 1 is 1.29 bits per heavy atom. The van der Waals surface area contributed by atoms with Crippen molar-refractivity contribution < 1.29 is 4.79 Å². The standard InChI is InChI=1S/C13H15BrClNO/c14-11-7-6-9(8-12(11)15)13(17)16-10-4-2-1-3-5-10/h6-8,10H,1-5H2,(H,16,17). The summed E-state index contributed by atoms with van der Waals surface area (Å²) in [6.45, 7) is 0. The first-order valence-corrected chi connectivity index (χ1v) is 7.10. The quantitative estimate of drug-likeness (QED) is 0.872. The molecule has 0 aromatic heterocycles. The van der Waals surface area contributed by atoms with Crippen LogP contribution in [0.25, 0.3) is 0 Å². The van der Waals surface area contributed by atoms with E-state index in [0.717, 1.165) is 17.3 Å². The lowest BCUT2D eigenvalue weighted by atomic mass is 9.95. The van der Waals surface area contributed by atoms with Gasteiger partial charge in [-0.25, -0.2) is 0 Å². The Labute approximate surface area is 115 Å². The van der Waals surface area contributed by atoms with Gasteiger partial charge in [0.05, 0.1) is 5.02 Å². The lowest BCUT2D eigenvalue weighted by Gasteiger charge is -2.22. The molecule has 0 bridgehead atoms. The second kappa shape index (κ2) is 5.87. The van der Waals surface area contributed by atoms with Crippen LogP contribution < -0.4 is 5.32 Å². The average Bonchev–Trinajstić information content (AvgIpc) is 2.34. The molecule has 1 aliphatic carbocycles. The molecule has 0 unspecified atom stereocenters. The van der Waals surface area contributed by atoms with E-state index in [1.54, 1.807) is 18.2 Å². The average molecular weight is 317 g/mol. The summed E-state index contributed by atoms with van der Waals surface area (Å²) >= 11 is 9.29. The molecule has 1 aromatic rings. The van der Waals surface area contributed by atoms with Gasteiger partial charge in [-0.3, -0.25) is 4.79 Å². The molecule has 0 spiro atoms. The molecule has 0 saturated heterocycles. The highest BCUT2D eigenvalue weighted by Gasteiger charge is 2.16. The van der Waals surface area contributed by atoms with E-state index in [9.17, 15) is 4.79 Å². The van der Waals surface area contributed by atoms with Crippen molar-refractivity contribution in [3.8, 4) is 0 Å². The maximum Gasteiger partial charge on any atom is 0.251 e. The molecule has 1 fully saturated rings. The molecule has 1 saturated carbocycles. The van der Waals surface area contributed by atoms with E-state index in [-0.39, 0.29) is 5.91 Å². The second-order valence-electron chi connectivity index (χ2n) is 4.44. The van der Waals surface area contributed by atoms with Crippen molar-refractivity contribution in [2.24, 2.45) is 0 Å². The molecule has 1 aromatic carbocycles. The van der Waals surface area contributed by atoms with Gasteiger partial charge in [0.25, 0.3) is 5.91 Å². The molecule has 1 aliphatic rings. The van der Waals surface area contributed by atoms with Crippen LogP contribution in [-0.4, -0.2) is 11.9 Å². The molecule has 0 aliphatic heterocycles. The van der Waals surface area contributed by atoms with E-state index in [2.05, 4.69) is 21.2 Å². The van der Waals surface area contributed by atoms with Gasteiger partial charge in [0, 0.05) is 16.1 Å². The van der Waals surface area contributed by atoms with Gasteiger partial charge in [0.15, 0.2) is 0 Å². The fraction of sp³-hybridized carbons (Fsp3) is 0.462. The third kappa shape index (κ3) is 3.46. The van der Waals surface area contributed by atoms with Gasteiger partial charge in [-0.2, -0.15) is 0 Å². The van der Waals surface area contributed by atoms with E-state index < -0.39 is 0 Å². The van der Waals surface area contributed by atoms with Crippen molar-refractivity contribution in [2.45, 2.75) is 38.1 Å². The number of hydrogen-bond donors (Lipinski definition) is 1. The predicted molar refractivity (Wildman–Crippen MR) is 73.5 cm³/mol. The molecular formula is C13H15BrClNO. The van der Waals surface area contributed by atoms with E-state index in [0.29, 0.717) is 16.6 Å². The van der Waals surface area contributed by atoms with Crippen molar-refractivity contribution in [1.29, 1.82) is 0 Å². The summed E-state index contributed by atoms with van der Waals surface area (Å²) in [4.78, 5) is 12.0. The molecule has 92 valence electrons. The molecule has 0 atom stereocenters. The highest BCUT2D eigenvalue weighted by molar-refractivity contribution is 9.10. The summed E-state index contributed by atoms with van der Waals surface area (Å²) in [5, 5.41) is 3.64. The first kappa shape index (κ1) is 12.9. The lowest BCUT2D eigenvalue weighted by Crippen LogP contribution is -2.36. The number of carbonyl (C=O) groups excluding carboxylic acids is 1. The van der Waals surface area contributed by atoms with E-state index in [1.165, 1.54) is 19.3 Å². The lowest BCUT2D eigenvalue weighted by molar-refractivity contribution is 0.0927. The van der Waals surface area contributed by atoms with Crippen LogP contribution in [-0.2, 0) is 0 Å². The predicted octanol–water partition coefficient (Wildman–Crippen LogP) is 4.17. The highest BCUT2D eigenvalue weighted by Crippen LogP contribution is 2.23. The molecule has 1 amide bonds. The van der Waals surface area contributed by atoms with Crippen molar-refractivity contribution >= 4 is 33.4 Å². The number of halogens is 2. The number of carbonyl (C=O) groups is 1. The zero-order valence-corrected chi connectivity index (χ0v) is 11.9. The van der Waals surface area contributed by atoms with Crippen LogP contribution in [0.5, 0.6) is 0 Å². The normalized spacial score (nSPS) is 16.8. The smallest absolute Gasteiger partial charge is 0.251 e. The summed E-state index contributed by atoms with van der Waals surface area (Å²) < 4.78 is 0.813. The second-order valence-corrected chi connectivity index (χ2v) is 5.70. The van der Waals surface area contributed by atoms with Crippen LogP contribution in [0.3, 0.4) is 0 Å². The van der Waals surface area contributed by atoms with Gasteiger partial charge in [-0.05, 0) is 47.0 Å². The van der Waals surface area contributed by atoms with Crippen LogP contribution in [0.4, 0.5) is 0 Å². The summed E-state index contributed by atoms with van der Waals surface area (Å²) in [5.41, 5.74) is 0.628. The highest BCUT2D eigenvalue weighted by atomic mass is 79.9. The fourth-order valence-corrected chi connectivity index (χ4v) is 2.58. The van der Waals surface area contributed by atoms with Crippen LogP contribution >= 0.6 is 27.5 Å². The van der Waals surface area contributed by atoms with Gasteiger partial charge in [-0.15, -0.1) is 0 Å². The summed E-state index contributed by atoms with van der Waals surface area (Å²) in [5.74, 6) is -0.0219. The Morgan fingerprint density at radius 2 is 2.00 bits per heavy atom. The topological polar surface area (TPSA) is 29.1 Å². The zero-order valence-electron chi connectivity index (χ0n) is 9.51. The molecule has 0 radical (unpaired) electrons. The minimum absolute atomic E-state index is 0.0219. The van der Waals surface area contributed by atoms with Gasteiger partial charge >= 0.3 is 0 Å². The van der Waals surface area contributed by atoms with Crippen molar-refractivity contribution in [2.75, 3.05) is 0 Å².